The van der Waals surface area contributed by atoms with E-state index in [1.807, 2.05) is 12.5 Å². The molecular formula is C14H19N5O2. The molecule has 0 bridgehead atoms. The molecule has 0 atom stereocenters. The quantitative estimate of drug-likeness (QED) is 0.798. The van der Waals surface area contributed by atoms with Crippen molar-refractivity contribution in [2.75, 3.05) is 62.4 Å². The summed E-state index contributed by atoms with van der Waals surface area (Å²) in [5, 5.41) is 0. The van der Waals surface area contributed by atoms with Gasteiger partial charge in [-0.15, -0.1) is 0 Å². The standard InChI is InChI=1S/C14H19N5O2/c1-5-20-6-2-17(1)13-9-12-10-15-11-19(12)14(16-13)18-3-7-21-8-4-18/h9-11H,1-8H2. The van der Waals surface area contributed by atoms with E-state index in [2.05, 4.69) is 25.3 Å². The minimum atomic E-state index is 0.750. The third-order valence-corrected chi connectivity index (χ3v) is 4.00. The van der Waals surface area contributed by atoms with Crippen molar-refractivity contribution in [1.29, 1.82) is 0 Å². The Balaban J connectivity index is 1.74. The second kappa shape index (κ2) is 5.50. The molecule has 4 heterocycles. The van der Waals surface area contributed by atoms with Crippen LogP contribution in [0.4, 0.5) is 11.8 Å². The molecule has 2 fully saturated rings. The second-order valence-corrected chi connectivity index (χ2v) is 5.30. The Morgan fingerprint density at radius 3 is 2.29 bits per heavy atom. The van der Waals surface area contributed by atoms with E-state index < -0.39 is 0 Å². The summed E-state index contributed by atoms with van der Waals surface area (Å²) in [6, 6.07) is 2.10. The van der Waals surface area contributed by atoms with Crippen molar-refractivity contribution in [2.24, 2.45) is 0 Å². The van der Waals surface area contributed by atoms with Crippen LogP contribution in [0.2, 0.25) is 0 Å². The number of fused-ring (bicyclic) bond motifs is 1. The lowest BCUT2D eigenvalue weighted by Gasteiger charge is -2.31. The molecule has 0 spiro atoms. The summed E-state index contributed by atoms with van der Waals surface area (Å²) in [6.45, 7) is 6.54. The Morgan fingerprint density at radius 1 is 0.905 bits per heavy atom. The monoisotopic (exact) mass is 289 g/mol. The first kappa shape index (κ1) is 12.8. The van der Waals surface area contributed by atoms with Crippen molar-refractivity contribution in [2.45, 2.75) is 0 Å². The summed E-state index contributed by atoms with van der Waals surface area (Å²) in [6.07, 6.45) is 3.71. The summed E-state index contributed by atoms with van der Waals surface area (Å²) in [4.78, 5) is 13.7. The van der Waals surface area contributed by atoms with E-state index in [1.165, 1.54) is 0 Å². The SMILES string of the molecule is c1ncn2c(N3CCOCC3)nc(N3CCOCC3)cc12. The molecule has 4 rings (SSSR count). The first-order chi connectivity index (χ1) is 10.4. The largest absolute Gasteiger partial charge is 0.378 e. The molecule has 7 heteroatoms. The van der Waals surface area contributed by atoms with Crippen molar-refractivity contribution in [3.8, 4) is 0 Å². The van der Waals surface area contributed by atoms with Crippen LogP contribution in [-0.2, 0) is 9.47 Å². The van der Waals surface area contributed by atoms with Gasteiger partial charge in [-0.25, -0.2) is 4.98 Å². The highest BCUT2D eigenvalue weighted by Crippen LogP contribution is 2.22. The summed E-state index contributed by atoms with van der Waals surface area (Å²) < 4.78 is 12.9. The van der Waals surface area contributed by atoms with Crippen LogP contribution >= 0.6 is 0 Å². The number of hydrogen-bond donors (Lipinski definition) is 0. The maximum absolute atomic E-state index is 5.44. The maximum Gasteiger partial charge on any atom is 0.213 e. The van der Waals surface area contributed by atoms with Crippen molar-refractivity contribution >= 4 is 17.3 Å². The van der Waals surface area contributed by atoms with Crippen molar-refractivity contribution in [1.82, 2.24) is 14.4 Å². The van der Waals surface area contributed by atoms with Gasteiger partial charge in [0.2, 0.25) is 5.95 Å². The fourth-order valence-electron chi connectivity index (χ4n) is 2.84. The van der Waals surface area contributed by atoms with Gasteiger partial charge in [-0.3, -0.25) is 4.40 Å². The summed E-state index contributed by atoms with van der Waals surface area (Å²) in [5.74, 6) is 1.96. The Morgan fingerprint density at radius 2 is 1.57 bits per heavy atom. The van der Waals surface area contributed by atoms with Gasteiger partial charge in [0.25, 0.3) is 0 Å². The smallest absolute Gasteiger partial charge is 0.213 e. The zero-order valence-electron chi connectivity index (χ0n) is 11.9. The molecule has 21 heavy (non-hydrogen) atoms. The van der Waals surface area contributed by atoms with Crippen molar-refractivity contribution in [3.63, 3.8) is 0 Å². The summed E-state index contributed by atoms with van der Waals surface area (Å²) in [7, 11) is 0. The predicted octanol–water partition coefficient (Wildman–Crippen LogP) is 0.403. The molecule has 2 aromatic heterocycles. The summed E-state index contributed by atoms with van der Waals surface area (Å²) >= 11 is 0. The molecule has 0 N–H and O–H groups in total. The van der Waals surface area contributed by atoms with Gasteiger partial charge in [0, 0.05) is 32.2 Å². The number of morpholine rings is 2. The lowest BCUT2D eigenvalue weighted by atomic mass is 10.3. The van der Waals surface area contributed by atoms with Crippen LogP contribution in [-0.4, -0.2) is 67.0 Å². The van der Waals surface area contributed by atoms with Gasteiger partial charge in [0.05, 0.1) is 38.1 Å². The van der Waals surface area contributed by atoms with Crippen LogP contribution in [0.5, 0.6) is 0 Å². The highest BCUT2D eigenvalue weighted by Gasteiger charge is 2.19. The van der Waals surface area contributed by atoms with Crippen LogP contribution in [0.3, 0.4) is 0 Å². The normalized spacial score (nSPS) is 20.2. The third kappa shape index (κ3) is 2.43. The molecule has 0 radical (unpaired) electrons. The van der Waals surface area contributed by atoms with Crippen molar-refractivity contribution in [3.05, 3.63) is 18.6 Å². The Kier molecular flexibility index (Phi) is 3.36. The van der Waals surface area contributed by atoms with E-state index in [9.17, 15) is 0 Å². The minimum Gasteiger partial charge on any atom is -0.378 e. The van der Waals surface area contributed by atoms with Gasteiger partial charge in [0.15, 0.2) is 0 Å². The van der Waals surface area contributed by atoms with Gasteiger partial charge in [-0.2, -0.15) is 4.98 Å². The number of anilines is 2. The molecule has 2 aromatic rings. The Hall–Kier alpha value is -1.86. The van der Waals surface area contributed by atoms with Crippen molar-refractivity contribution < 1.29 is 9.47 Å². The maximum atomic E-state index is 5.44. The molecule has 0 saturated carbocycles. The third-order valence-electron chi connectivity index (χ3n) is 4.00. The van der Waals surface area contributed by atoms with Gasteiger partial charge in [-0.1, -0.05) is 0 Å². The molecule has 0 unspecified atom stereocenters. The first-order valence-electron chi connectivity index (χ1n) is 7.40. The second-order valence-electron chi connectivity index (χ2n) is 5.30. The molecule has 2 aliphatic rings. The fraction of sp³-hybridized carbons (Fsp3) is 0.571. The van der Waals surface area contributed by atoms with Crippen LogP contribution in [0.25, 0.3) is 5.52 Å². The molecule has 7 nitrogen and oxygen atoms in total. The number of aromatic nitrogens is 3. The lowest BCUT2D eigenvalue weighted by molar-refractivity contribution is 0.121. The first-order valence-corrected chi connectivity index (χ1v) is 7.40. The van der Waals surface area contributed by atoms with E-state index in [-0.39, 0.29) is 0 Å². The fourth-order valence-corrected chi connectivity index (χ4v) is 2.84. The van der Waals surface area contributed by atoms with E-state index >= 15 is 0 Å². The molecule has 2 saturated heterocycles. The van der Waals surface area contributed by atoms with Crippen LogP contribution in [0.1, 0.15) is 0 Å². The average Bonchev–Trinajstić information content (AvgIpc) is 3.04. The number of rotatable bonds is 2. The Bertz CT molecular complexity index is 617. The number of hydrogen-bond acceptors (Lipinski definition) is 6. The predicted molar refractivity (Wildman–Crippen MR) is 79.1 cm³/mol. The molecule has 2 aliphatic heterocycles. The molecule has 112 valence electrons. The molecular weight excluding hydrogens is 270 g/mol. The van der Waals surface area contributed by atoms with Gasteiger partial charge < -0.3 is 19.3 Å². The number of imidazole rings is 1. The summed E-state index contributed by atoms with van der Waals surface area (Å²) in [5.41, 5.74) is 1.08. The lowest BCUT2D eigenvalue weighted by Crippen LogP contribution is -2.39. The Labute approximate surface area is 123 Å². The average molecular weight is 289 g/mol. The van der Waals surface area contributed by atoms with E-state index in [0.717, 1.165) is 69.9 Å². The van der Waals surface area contributed by atoms with E-state index in [1.54, 1.807) is 0 Å². The molecule has 0 amide bonds. The van der Waals surface area contributed by atoms with E-state index in [4.69, 9.17) is 14.5 Å². The van der Waals surface area contributed by atoms with Crippen LogP contribution < -0.4 is 9.80 Å². The highest BCUT2D eigenvalue weighted by molar-refractivity contribution is 5.60. The van der Waals surface area contributed by atoms with Crippen LogP contribution in [0, 0.1) is 0 Å². The molecule has 0 aliphatic carbocycles. The highest BCUT2D eigenvalue weighted by atomic mass is 16.5. The number of nitrogens with zero attached hydrogens (tertiary/aromatic N) is 5. The van der Waals surface area contributed by atoms with Gasteiger partial charge in [0.1, 0.15) is 12.1 Å². The topological polar surface area (TPSA) is 55.1 Å². The molecule has 0 aromatic carbocycles. The van der Waals surface area contributed by atoms with E-state index in [0.29, 0.717) is 0 Å². The zero-order valence-corrected chi connectivity index (χ0v) is 11.9. The van der Waals surface area contributed by atoms with Gasteiger partial charge >= 0.3 is 0 Å². The van der Waals surface area contributed by atoms with Gasteiger partial charge in [-0.05, 0) is 0 Å². The zero-order chi connectivity index (χ0) is 14.1. The number of ether oxygens (including phenoxy) is 2. The van der Waals surface area contributed by atoms with Crippen LogP contribution in [0.15, 0.2) is 18.6 Å². The minimum absolute atomic E-state index is 0.750.